The highest BCUT2D eigenvalue weighted by molar-refractivity contribution is 6.09. The molecule has 2 aliphatic heterocycles. The van der Waals surface area contributed by atoms with Gasteiger partial charge in [-0.05, 0) is 31.5 Å². The number of ether oxygens (including phenoxy) is 2. The predicted molar refractivity (Wildman–Crippen MR) is 90.3 cm³/mol. The zero-order chi connectivity index (χ0) is 19.2. The molecule has 0 aromatic heterocycles. The maximum absolute atomic E-state index is 12.9. The monoisotopic (exact) mass is 362 g/mol. The van der Waals surface area contributed by atoms with Crippen molar-refractivity contribution >= 4 is 17.8 Å². The zero-order valence-electron chi connectivity index (χ0n) is 15.1. The lowest BCUT2D eigenvalue weighted by molar-refractivity contribution is -0.153. The van der Waals surface area contributed by atoms with Gasteiger partial charge in [-0.15, -0.1) is 0 Å². The fraction of sp³-hybridized carbons (Fsp3) is 0.500. The van der Waals surface area contributed by atoms with Gasteiger partial charge >= 0.3 is 5.97 Å². The second-order valence-electron chi connectivity index (χ2n) is 6.67. The fourth-order valence-electron chi connectivity index (χ4n) is 4.08. The van der Waals surface area contributed by atoms with Gasteiger partial charge in [-0.3, -0.25) is 24.6 Å². The van der Waals surface area contributed by atoms with Gasteiger partial charge in [-0.1, -0.05) is 6.07 Å². The number of amides is 2. The average molecular weight is 362 g/mol. The smallest absolute Gasteiger partial charge is 0.326 e. The van der Waals surface area contributed by atoms with E-state index in [0.29, 0.717) is 5.56 Å². The van der Waals surface area contributed by atoms with Crippen LogP contribution in [-0.2, 0) is 19.1 Å². The number of aromatic hydroxyl groups is 1. The number of nitrogens with zero attached hydrogens (tertiary/aromatic N) is 1. The Labute approximate surface area is 151 Å². The third-order valence-corrected chi connectivity index (χ3v) is 5.37. The summed E-state index contributed by atoms with van der Waals surface area (Å²) in [6.45, 7) is 3.55. The van der Waals surface area contributed by atoms with E-state index >= 15 is 0 Å². The summed E-state index contributed by atoms with van der Waals surface area (Å²) in [6.07, 6.45) is 0. The van der Waals surface area contributed by atoms with Crippen molar-refractivity contribution in [3.63, 3.8) is 0 Å². The number of methoxy groups -OCH3 is 2. The number of likely N-dealkylation sites (tertiary alicyclic amines) is 1. The first kappa shape index (κ1) is 18.2. The first-order valence-electron chi connectivity index (χ1n) is 8.38. The van der Waals surface area contributed by atoms with Crippen LogP contribution in [0.4, 0.5) is 0 Å². The maximum atomic E-state index is 12.9. The number of carbonyl (C=O) groups is 3. The van der Waals surface area contributed by atoms with Gasteiger partial charge in [-0.2, -0.15) is 0 Å². The van der Waals surface area contributed by atoms with Crippen LogP contribution in [0.15, 0.2) is 18.2 Å². The fourth-order valence-corrected chi connectivity index (χ4v) is 4.08. The molecule has 2 saturated heterocycles. The van der Waals surface area contributed by atoms with Crippen molar-refractivity contribution in [3.8, 4) is 11.5 Å². The maximum Gasteiger partial charge on any atom is 0.326 e. The average Bonchev–Trinajstić information content (AvgIpc) is 3.09. The summed E-state index contributed by atoms with van der Waals surface area (Å²) < 4.78 is 10.0. The van der Waals surface area contributed by atoms with E-state index in [1.54, 1.807) is 26.0 Å². The van der Waals surface area contributed by atoms with Gasteiger partial charge in [0.1, 0.15) is 5.54 Å². The quantitative estimate of drug-likeness (QED) is 0.597. The van der Waals surface area contributed by atoms with Crippen LogP contribution in [0, 0.1) is 11.8 Å². The molecule has 2 heterocycles. The van der Waals surface area contributed by atoms with Crippen molar-refractivity contribution in [1.29, 1.82) is 0 Å². The summed E-state index contributed by atoms with van der Waals surface area (Å²) in [5, 5.41) is 13.0. The molecule has 2 N–H and O–H groups in total. The minimum absolute atomic E-state index is 0.0365. The Morgan fingerprint density at radius 1 is 1.31 bits per heavy atom. The number of rotatable bonds is 4. The first-order valence-corrected chi connectivity index (χ1v) is 8.38. The molecule has 2 amide bonds. The van der Waals surface area contributed by atoms with Crippen molar-refractivity contribution in [2.45, 2.75) is 25.4 Å². The van der Waals surface area contributed by atoms with Gasteiger partial charge < -0.3 is 14.6 Å². The number of hydrogen-bond acceptors (Lipinski definition) is 7. The van der Waals surface area contributed by atoms with Crippen LogP contribution >= 0.6 is 0 Å². The Bertz CT molecular complexity index is 779. The molecular weight excluding hydrogens is 340 g/mol. The lowest BCUT2D eigenvalue weighted by Crippen LogP contribution is -2.53. The largest absolute Gasteiger partial charge is 0.504 e. The number of hydrogen-bond donors (Lipinski definition) is 2. The van der Waals surface area contributed by atoms with E-state index in [9.17, 15) is 19.5 Å². The third-order valence-electron chi connectivity index (χ3n) is 5.37. The Morgan fingerprint density at radius 2 is 2.00 bits per heavy atom. The summed E-state index contributed by atoms with van der Waals surface area (Å²) >= 11 is 0. The zero-order valence-corrected chi connectivity index (χ0v) is 15.1. The minimum atomic E-state index is -1.33. The van der Waals surface area contributed by atoms with Gasteiger partial charge in [0, 0.05) is 12.6 Å². The van der Waals surface area contributed by atoms with Crippen molar-refractivity contribution in [2.75, 3.05) is 20.8 Å². The molecule has 0 aliphatic carbocycles. The molecule has 3 rings (SSSR count). The van der Waals surface area contributed by atoms with Crippen molar-refractivity contribution < 1.29 is 29.0 Å². The van der Waals surface area contributed by atoms with Crippen molar-refractivity contribution in [3.05, 3.63) is 23.8 Å². The Kier molecular flexibility index (Phi) is 4.39. The van der Waals surface area contributed by atoms with Crippen LogP contribution in [0.1, 0.15) is 25.5 Å². The molecule has 0 spiro atoms. The molecule has 26 heavy (non-hydrogen) atoms. The summed E-state index contributed by atoms with van der Waals surface area (Å²) in [7, 11) is 2.67. The van der Waals surface area contributed by atoms with E-state index in [-0.39, 0.29) is 29.9 Å². The molecule has 4 atom stereocenters. The van der Waals surface area contributed by atoms with Crippen LogP contribution in [0.5, 0.6) is 11.5 Å². The summed E-state index contributed by atoms with van der Waals surface area (Å²) in [6, 6.07) is 4.10. The van der Waals surface area contributed by atoms with Gasteiger partial charge in [0.05, 0.1) is 26.1 Å². The van der Waals surface area contributed by atoms with Crippen molar-refractivity contribution in [1.82, 2.24) is 10.2 Å². The highest BCUT2D eigenvalue weighted by atomic mass is 16.5. The molecular formula is C18H22N2O6. The van der Waals surface area contributed by atoms with E-state index in [2.05, 4.69) is 5.32 Å². The molecule has 2 fully saturated rings. The van der Waals surface area contributed by atoms with Crippen LogP contribution in [0.25, 0.3) is 0 Å². The lowest BCUT2D eigenvalue weighted by Gasteiger charge is -2.28. The number of phenolic OH excluding ortho intramolecular Hbond substituents is 1. The number of benzene rings is 1. The second-order valence-corrected chi connectivity index (χ2v) is 6.67. The van der Waals surface area contributed by atoms with Gasteiger partial charge in [0.2, 0.25) is 11.8 Å². The van der Waals surface area contributed by atoms with E-state index in [4.69, 9.17) is 9.47 Å². The molecule has 0 bridgehead atoms. The molecule has 8 nitrogen and oxygen atoms in total. The number of phenols is 1. The summed E-state index contributed by atoms with van der Waals surface area (Å²) in [5.74, 6) is -2.68. The van der Waals surface area contributed by atoms with Crippen LogP contribution in [-0.4, -0.2) is 54.1 Å². The Morgan fingerprint density at radius 3 is 2.58 bits per heavy atom. The molecule has 2 aliphatic rings. The Hall–Kier alpha value is -2.61. The number of imide groups is 1. The number of esters is 1. The summed E-state index contributed by atoms with van der Waals surface area (Å²) in [4.78, 5) is 39.3. The first-order chi connectivity index (χ1) is 12.3. The molecule has 140 valence electrons. The SMILES string of the molecule is CCN1C(=O)[C@H]2[C@@H](C1=O)[C@](C)(C(=O)OC)N[C@H]2c1ccc(O)c(OC)c1. The number of fused-ring (bicyclic) bond motifs is 1. The van der Waals surface area contributed by atoms with E-state index < -0.39 is 29.4 Å². The lowest BCUT2D eigenvalue weighted by atomic mass is 9.80. The second kappa shape index (κ2) is 6.28. The third kappa shape index (κ3) is 2.36. The molecule has 1 aromatic carbocycles. The topological polar surface area (TPSA) is 105 Å². The highest BCUT2D eigenvalue weighted by Gasteiger charge is 2.66. The highest BCUT2D eigenvalue weighted by Crippen LogP contribution is 2.49. The molecule has 8 heteroatoms. The molecule has 1 aromatic rings. The van der Waals surface area contributed by atoms with Crippen LogP contribution < -0.4 is 10.1 Å². The molecule has 0 saturated carbocycles. The van der Waals surface area contributed by atoms with Gasteiger partial charge in [0.25, 0.3) is 0 Å². The predicted octanol–water partition coefficient (Wildman–Crippen LogP) is 0.598. The van der Waals surface area contributed by atoms with Gasteiger partial charge in [0.15, 0.2) is 11.5 Å². The van der Waals surface area contributed by atoms with E-state index in [1.165, 1.54) is 25.2 Å². The standard InChI is InChI=1S/C18H22N2O6/c1-5-20-15(22)12-13(16(20)23)18(2,17(24)26-4)19-14(12)9-6-7-10(21)11(8-9)25-3/h6-8,12-14,19,21H,5H2,1-4H3/t12-,13-,14-,18+/m0/s1. The molecule has 0 radical (unpaired) electrons. The van der Waals surface area contributed by atoms with Crippen LogP contribution in [0.2, 0.25) is 0 Å². The van der Waals surface area contributed by atoms with Gasteiger partial charge in [-0.25, -0.2) is 0 Å². The normalized spacial score (nSPS) is 30.5. The number of carbonyl (C=O) groups excluding carboxylic acids is 3. The van der Waals surface area contributed by atoms with E-state index in [0.717, 1.165) is 0 Å². The summed E-state index contributed by atoms with van der Waals surface area (Å²) in [5.41, 5.74) is -0.687. The van der Waals surface area contributed by atoms with Crippen molar-refractivity contribution in [2.24, 2.45) is 11.8 Å². The van der Waals surface area contributed by atoms with Crippen LogP contribution in [0.3, 0.4) is 0 Å². The number of nitrogens with one attached hydrogen (secondary N) is 1. The molecule has 0 unspecified atom stereocenters. The minimum Gasteiger partial charge on any atom is -0.504 e. The Balaban J connectivity index is 2.11. The van der Waals surface area contributed by atoms with E-state index in [1.807, 2.05) is 0 Å².